The molecule has 0 aliphatic rings. The van der Waals surface area contributed by atoms with Crippen molar-refractivity contribution in [2.45, 2.75) is 33.1 Å². The Morgan fingerprint density at radius 2 is 1.80 bits per heavy atom. The summed E-state index contributed by atoms with van der Waals surface area (Å²) in [6.45, 7) is 6.11. The predicted molar refractivity (Wildman–Crippen MR) is 84.0 cm³/mol. The van der Waals surface area contributed by atoms with Crippen LogP contribution in [0.4, 0.5) is 5.69 Å². The molecule has 0 bridgehead atoms. The van der Waals surface area contributed by atoms with Crippen molar-refractivity contribution < 1.29 is 4.79 Å². The van der Waals surface area contributed by atoms with E-state index in [0.717, 1.165) is 23.2 Å². The number of aryl methyl sites for hydroxylation is 2. The van der Waals surface area contributed by atoms with Crippen molar-refractivity contribution >= 4 is 11.6 Å². The fourth-order valence-corrected chi connectivity index (χ4v) is 2.43. The molecule has 1 N–H and O–H groups in total. The summed E-state index contributed by atoms with van der Waals surface area (Å²) < 4.78 is 0. The Labute approximate surface area is 120 Å². The lowest BCUT2D eigenvalue weighted by Gasteiger charge is -2.16. The van der Waals surface area contributed by atoms with Crippen LogP contribution in [0.1, 0.15) is 36.0 Å². The first-order chi connectivity index (χ1) is 9.61. The smallest absolute Gasteiger partial charge is 0.231 e. The summed E-state index contributed by atoms with van der Waals surface area (Å²) >= 11 is 0. The second-order valence-electron chi connectivity index (χ2n) is 5.18. The summed E-state index contributed by atoms with van der Waals surface area (Å²) in [5.41, 5.74) is 4.27. The Hall–Kier alpha value is -2.09. The molecule has 0 radical (unpaired) electrons. The Bertz CT molecular complexity index is 590. The Morgan fingerprint density at radius 3 is 2.40 bits per heavy atom. The Morgan fingerprint density at radius 1 is 1.10 bits per heavy atom. The number of carbonyl (C=O) groups is 1. The molecule has 104 valence electrons. The van der Waals surface area contributed by atoms with Gasteiger partial charge in [-0.2, -0.15) is 0 Å². The molecule has 20 heavy (non-hydrogen) atoms. The zero-order valence-electron chi connectivity index (χ0n) is 12.3. The lowest BCUT2D eigenvalue weighted by molar-refractivity contribution is -0.117. The van der Waals surface area contributed by atoms with Crippen molar-refractivity contribution in [1.82, 2.24) is 0 Å². The van der Waals surface area contributed by atoms with Crippen molar-refractivity contribution in [2.75, 3.05) is 5.32 Å². The van der Waals surface area contributed by atoms with Crippen LogP contribution < -0.4 is 5.32 Å². The number of benzene rings is 2. The van der Waals surface area contributed by atoms with Crippen LogP contribution in [0.25, 0.3) is 0 Å². The molecule has 0 saturated carbocycles. The van der Waals surface area contributed by atoms with Crippen LogP contribution in [0, 0.1) is 13.8 Å². The van der Waals surface area contributed by atoms with Crippen LogP contribution in [-0.4, -0.2) is 5.91 Å². The molecule has 0 heterocycles. The average Bonchev–Trinajstić information content (AvgIpc) is 2.44. The van der Waals surface area contributed by atoms with Gasteiger partial charge in [0.2, 0.25) is 5.91 Å². The highest BCUT2D eigenvalue weighted by Gasteiger charge is 2.18. The van der Waals surface area contributed by atoms with E-state index in [1.165, 1.54) is 5.56 Å². The van der Waals surface area contributed by atoms with Gasteiger partial charge in [0.25, 0.3) is 0 Å². The van der Waals surface area contributed by atoms with E-state index >= 15 is 0 Å². The van der Waals surface area contributed by atoms with Crippen LogP contribution in [0.15, 0.2) is 48.5 Å². The maximum absolute atomic E-state index is 12.5. The fraction of sp³-hybridized carbons (Fsp3) is 0.278. The van der Waals surface area contributed by atoms with E-state index in [0.29, 0.717) is 0 Å². The molecule has 1 unspecified atom stereocenters. The molecule has 0 fully saturated rings. The van der Waals surface area contributed by atoms with Gasteiger partial charge in [-0.15, -0.1) is 0 Å². The lowest BCUT2D eigenvalue weighted by Crippen LogP contribution is -2.21. The molecule has 0 aromatic heterocycles. The Kier molecular flexibility index (Phi) is 4.57. The quantitative estimate of drug-likeness (QED) is 0.872. The van der Waals surface area contributed by atoms with Gasteiger partial charge in [0, 0.05) is 5.69 Å². The van der Waals surface area contributed by atoms with Crippen LogP contribution in [0.5, 0.6) is 0 Å². The molecule has 2 aromatic rings. The molecule has 2 heteroatoms. The molecule has 0 saturated heterocycles. The van der Waals surface area contributed by atoms with Crippen LogP contribution in [0.3, 0.4) is 0 Å². The predicted octanol–water partition coefficient (Wildman–Crippen LogP) is 4.44. The second kappa shape index (κ2) is 6.38. The first-order valence-electron chi connectivity index (χ1n) is 7.05. The van der Waals surface area contributed by atoms with E-state index in [1.807, 2.05) is 56.3 Å². The molecule has 2 rings (SSSR count). The summed E-state index contributed by atoms with van der Waals surface area (Å²) in [6, 6.07) is 16.0. The van der Waals surface area contributed by atoms with Crippen molar-refractivity contribution in [3.63, 3.8) is 0 Å². The largest absolute Gasteiger partial charge is 0.325 e. The van der Waals surface area contributed by atoms with Gasteiger partial charge in [0.05, 0.1) is 5.92 Å². The topological polar surface area (TPSA) is 29.1 Å². The number of hydrogen-bond acceptors (Lipinski definition) is 1. The number of amides is 1. The van der Waals surface area contributed by atoms with Gasteiger partial charge in [0.1, 0.15) is 0 Å². The van der Waals surface area contributed by atoms with Crippen LogP contribution >= 0.6 is 0 Å². The van der Waals surface area contributed by atoms with Gasteiger partial charge in [-0.1, -0.05) is 55.0 Å². The monoisotopic (exact) mass is 267 g/mol. The van der Waals surface area contributed by atoms with Gasteiger partial charge >= 0.3 is 0 Å². The maximum atomic E-state index is 12.5. The van der Waals surface area contributed by atoms with Crippen molar-refractivity contribution in [1.29, 1.82) is 0 Å². The second-order valence-corrected chi connectivity index (χ2v) is 5.18. The molecule has 0 spiro atoms. The first-order valence-corrected chi connectivity index (χ1v) is 7.05. The molecule has 0 aliphatic carbocycles. The third kappa shape index (κ3) is 3.27. The van der Waals surface area contributed by atoms with Gasteiger partial charge in [-0.05, 0) is 37.5 Å². The maximum Gasteiger partial charge on any atom is 0.231 e. The summed E-state index contributed by atoms with van der Waals surface area (Å²) in [4.78, 5) is 12.5. The minimum Gasteiger partial charge on any atom is -0.325 e. The molecule has 0 aliphatic heterocycles. The molecular weight excluding hydrogens is 246 g/mol. The Balaban J connectivity index is 2.18. The van der Waals surface area contributed by atoms with Crippen molar-refractivity contribution in [2.24, 2.45) is 0 Å². The van der Waals surface area contributed by atoms with E-state index < -0.39 is 0 Å². The van der Waals surface area contributed by atoms with E-state index in [9.17, 15) is 4.79 Å². The highest BCUT2D eigenvalue weighted by Crippen LogP contribution is 2.23. The number of nitrogens with one attached hydrogen (secondary N) is 1. The van der Waals surface area contributed by atoms with Crippen molar-refractivity contribution in [3.05, 3.63) is 65.2 Å². The van der Waals surface area contributed by atoms with Crippen molar-refractivity contribution in [3.8, 4) is 0 Å². The summed E-state index contributed by atoms with van der Waals surface area (Å²) in [7, 11) is 0. The molecular formula is C18H21NO. The fourth-order valence-electron chi connectivity index (χ4n) is 2.43. The minimum absolute atomic E-state index is 0.0608. The number of carbonyl (C=O) groups excluding carboxylic acids is 1. The summed E-state index contributed by atoms with van der Waals surface area (Å²) in [6.07, 6.45) is 0.792. The zero-order chi connectivity index (χ0) is 14.5. The minimum atomic E-state index is -0.100. The number of anilines is 1. The SMILES string of the molecule is CCC(C(=O)Nc1ccc(C)cc1C)c1ccccc1. The highest BCUT2D eigenvalue weighted by molar-refractivity contribution is 5.96. The summed E-state index contributed by atoms with van der Waals surface area (Å²) in [5.74, 6) is -0.0393. The lowest BCUT2D eigenvalue weighted by atomic mass is 9.95. The zero-order valence-corrected chi connectivity index (χ0v) is 12.3. The highest BCUT2D eigenvalue weighted by atomic mass is 16.1. The van der Waals surface area contributed by atoms with E-state index in [1.54, 1.807) is 0 Å². The summed E-state index contributed by atoms with van der Waals surface area (Å²) in [5, 5.41) is 3.05. The van der Waals surface area contributed by atoms with E-state index in [2.05, 4.69) is 18.3 Å². The number of rotatable bonds is 4. The van der Waals surface area contributed by atoms with Gasteiger partial charge < -0.3 is 5.32 Å². The van der Waals surface area contributed by atoms with Gasteiger partial charge in [0.15, 0.2) is 0 Å². The van der Waals surface area contributed by atoms with Gasteiger partial charge in [-0.3, -0.25) is 4.79 Å². The molecule has 1 amide bonds. The third-order valence-electron chi connectivity index (χ3n) is 3.57. The first kappa shape index (κ1) is 14.3. The third-order valence-corrected chi connectivity index (χ3v) is 3.57. The molecule has 2 aromatic carbocycles. The normalized spacial score (nSPS) is 11.9. The van der Waals surface area contributed by atoms with E-state index in [-0.39, 0.29) is 11.8 Å². The van der Waals surface area contributed by atoms with Crippen LogP contribution in [-0.2, 0) is 4.79 Å². The molecule has 1 atom stereocenters. The molecule has 2 nitrogen and oxygen atoms in total. The van der Waals surface area contributed by atoms with Crippen LogP contribution in [0.2, 0.25) is 0 Å². The average molecular weight is 267 g/mol. The number of hydrogen-bond donors (Lipinski definition) is 1. The van der Waals surface area contributed by atoms with Gasteiger partial charge in [-0.25, -0.2) is 0 Å². The van der Waals surface area contributed by atoms with E-state index in [4.69, 9.17) is 0 Å². The standard InChI is InChI=1S/C18H21NO/c1-4-16(15-8-6-5-7-9-15)18(20)19-17-11-10-13(2)12-14(17)3/h5-12,16H,4H2,1-3H3,(H,19,20).